The zero-order chi connectivity index (χ0) is 15.5. The number of rotatable bonds is 4. The van der Waals surface area contributed by atoms with Crippen molar-refractivity contribution in [2.75, 3.05) is 13.1 Å². The molecular formula is C18H23N3O. The highest BCUT2D eigenvalue weighted by atomic mass is 16.2. The van der Waals surface area contributed by atoms with Crippen LogP contribution in [-0.2, 0) is 12.8 Å². The fourth-order valence-corrected chi connectivity index (χ4v) is 3.26. The van der Waals surface area contributed by atoms with Gasteiger partial charge in [0, 0.05) is 35.5 Å². The fourth-order valence-electron chi connectivity index (χ4n) is 3.26. The Balaban J connectivity index is 2.05. The Labute approximate surface area is 131 Å². The molecule has 1 aromatic carbocycles. The lowest BCUT2D eigenvalue weighted by atomic mass is 9.92. The second-order valence-electron chi connectivity index (χ2n) is 5.76. The monoisotopic (exact) mass is 297 g/mol. The number of aryl methyl sites for hydroxylation is 1. The van der Waals surface area contributed by atoms with Crippen LogP contribution in [-0.4, -0.2) is 34.1 Å². The van der Waals surface area contributed by atoms with E-state index >= 15 is 0 Å². The SMILES string of the molecule is CCN(CC)C(=O)c1ccccc1-c1n[nH]c2c1CCCC2. The minimum atomic E-state index is 0.0909. The van der Waals surface area contributed by atoms with Crippen molar-refractivity contribution in [3.05, 3.63) is 41.1 Å². The van der Waals surface area contributed by atoms with E-state index in [1.165, 1.54) is 24.1 Å². The number of benzene rings is 1. The summed E-state index contributed by atoms with van der Waals surface area (Å²) in [6.45, 7) is 5.48. The summed E-state index contributed by atoms with van der Waals surface area (Å²) in [5.41, 5.74) is 5.22. The minimum Gasteiger partial charge on any atom is -0.339 e. The first kappa shape index (κ1) is 14.8. The molecule has 2 aromatic rings. The van der Waals surface area contributed by atoms with Gasteiger partial charge in [-0.2, -0.15) is 5.10 Å². The van der Waals surface area contributed by atoms with Gasteiger partial charge in [0.15, 0.2) is 0 Å². The number of carbonyl (C=O) groups is 1. The molecule has 0 radical (unpaired) electrons. The summed E-state index contributed by atoms with van der Waals surface area (Å²) in [5.74, 6) is 0.0909. The molecule has 4 nitrogen and oxygen atoms in total. The van der Waals surface area contributed by atoms with Crippen LogP contribution in [0.4, 0.5) is 0 Å². The Hall–Kier alpha value is -2.10. The molecule has 0 saturated heterocycles. The molecule has 1 aromatic heterocycles. The van der Waals surface area contributed by atoms with E-state index in [1.54, 1.807) is 0 Å². The third-order valence-electron chi connectivity index (χ3n) is 4.52. The number of aromatic amines is 1. The van der Waals surface area contributed by atoms with Crippen molar-refractivity contribution in [3.63, 3.8) is 0 Å². The maximum Gasteiger partial charge on any atom is 0.254 e. The van der Waals surface area contributed by atoms with Crippen LogP contribution in [0.3, 0.4) is 0 Å². The highest BCUT2D eigenvalue weighted by molar-refractivity contribution is 6.00. The van der Waals surface area contributed by atoms with Gasteiger partial charge in [-0.15, -0.1) is 0 Å². The minimum absolute atomic E-state index is 0.0909. The van der Waals surface area contributed by atoms with Crippen molar-refractivity contribution in [2.45, 2.75) is 39.5 Å². The first-order valence-corrected chi connectivity index (χ1v) is 8.21. The van der Waals surface area contributed by atoms with Crippen LogP contribution < -0.4 is 0 Å². The van der Waals surface area contributed by atoms with E-state index < -0.39 is 0 Å². The van der Waals surface area contributed by atoms with Gasteiger partial charge in [-0.05, 0) is 45.6 Å². The number of amides is 1. The van der Waals surface area contributed by atoms with E-state index in [-0.39, 0.29) is 5.91 Å². The Morgan fingerprint density at radius 1 is 1.18 bits per heavy atom. The Bertz CT molecular complexity index is 671. The Morgan fingerprint density at radius 3 is 2.68 bits per heavy atom. The predicted molar refractivity (Wildman–Crippen MR) is 87.9 cm³/mol. The third kappa shape index (κ3) is 2.54. The van der Waals surface area contributed by atoms with Crippen molar-refractivity contribution in [2.24, 2.45) is 0 Å². The molecule has 1 N–H and O–H groups in total. The molecule has 4 heteroatoms. The molecule has 0 saturated carbocycles. The molecule has 3 rings (SSSR count). The van der Waals surface area contributed by atoms with Gasteiger partial charge in [-0.1, -0.05) is 18.2 Å². The molecule has 0 fully saturated rings. The third-order valence-corrected chi connectivity index (χ3v) is 4.52. The Kier molecular flexibility index (Phi) is 4.27. The molecule has 1 aliphatic rings. The first-order valence-electron chi connectivity index (χ1n) is 8.21. The smallest absolute Gasteiger partial charge is 0.254 e. The molecule has 0 unspecified atom stereocenters. The lowest BCUT2D eigenvalue weighted by Gasteiger charge is -2.20. The average Bonchev–Trinajstić information content (AvgIpc) is 3.00. The van der Waals surface area contributed by atoms with Crippen molar-refractivity contribution in [3.8, 4) is 11.3 Å². The lowest BCUT2D eigenvalue weighted by molar-refractivity contribution is 0.0773. The quantitative estimate of drug-likeness (QED) is 0.940. The summed E-state index contributed by atoms with van der Waals surface area (Å²) in [4.78, 5) is 14.6. The molecule has 0 atom stereocenters. The molecule has 0 bridgehead atoms. The Morgan fingerprint density at radius 2 is 1.91 bits per heavy atom. The van der Waals surface area contributed by atoms with E-state index in [0.717, 1.165) is 42.8 Å². The van der Waals surface area contributed by atoms with Gasteiger partial charge in [-0.25, -0.2) is 0 Å². The van der Waals surface area contributed by atoms with Gasteiger partial charge >= 0.3 is 0 Å². The highest BCUT2D eigenvalue weighted by Gasteiger charge is 2.23. The van der Waals surface area contributed by atoms with Gasteiger partial charge in [0.1, 0.15) is 0 Å². The number of H-pyrrole nitrogens is 1. The standard InChI is InChI=1S/C18H23N3O/c1-3-21(4-2)18(22)14-10-6-5-9-13(14)17-15-11-7-8-12-16(15)19-20-17/h5-6,9-10H,3-4,7-8,11-12H2,1-2H3,(H,19,20). The van der Waals surface area contributed by atoms with E-state index in [9.17, 15) is 4.79 Å². The van der Waals surface area contributed by atoms with E-state index in [0.29, 0.717) is 0 Å². The molecule has 1 heterocycles. The number of nitrogens with zero attached hydrogens (tertiary/aromatic N) is 2. The zero-order valence-electron chi connectivity index (χ0n) is 13.4. The van der Waals surface area contributed by atoms with Gasteiger partial charge in [0.25, 0.3) is 5.91 Å². The normalized spacial score (nSPS) is 13.7. The molecule has 116 valence electrons. The average molecular weight is 297 g/mol. The molecule has 0 spiro atoms. The van der Waals surface area contributed by atoms with Crippen LogP contribution in [0.15, 0.2) is 24.3 Å². The summed E-state index contributed by atoms with van der Waals surface area (Å²) in [6, 6.07) is 7.85. The number of hydrogen-bond acceptors (Lipinski definition) is 2. The second-order valence-corrected chi connectivity index (χ2v) is 5.76. The van der Waals surface area contributed by atoms with Crippen LogP contribution in [0.25, 0.3) is 11.3 Å². The molecular weight excluding hydrogens is 274 g/mol. The number of fused-ring (bicyclic) bond motifs is 1. The summed E-state index contributed by atoms with van der Waals surface area (Å²) >= 11 is 0. The summed E-state index contributed by atoms with van der Waals surface area (Å²) in [5, 5.41) is 7.70. The second kappa shape index (κ2) is 6.34. The topological polar surface area (TPSA) is 49.0 Å². The van der Waals surface area contributed by atoms with Crippen LogP contribution >= 0.6 is 0 Å². The van der Waals surface area contributed by atoms with Crippen LogP contribution in [0.2, 0.25) is 0 Å². The molecule has 0 aliphatic heterocycles. The van der Waals surface area contributed by atoms with Crippen LogP contribution in [0.1, 0.15) is 48.3 Å². The fraction of sp³-hybridized carbons (Fsp3) is 0.444. The van der Waals surface area contributed by atoms with Crippen LogP contribution in [0, 0.1) is 0 Å². The van der Waals surface area contributed by atoms with Crippen LogP contribution in [0.5, 0.6) is 0 Å². The number of nitrogens with one attached hydrogen (secondary N) is 1. The molecule has 22 heavy (non-hydrogen) atoms. The van der Waals surface area contributed by atoms with Gasteiger partial charge in [0.05, 0.1) is 5.69 Å². The van der Waals surface area contributed by atoms with E-state index in [2.05, 4.69) is 10.2 Å². The largest absolute Gasteiger partial charge is 0.339 e. The molecule has 1 aliphatic carbocycles. The van der Waals surface area contributed by atoms with Gasteiger partial charge in [-0.3, -0.25) is 9.89 Å². The summed E-state index contributed by atoms with van der Waals surface area (Å²) in [6.07, 6.45) is 4.53. The van der Waals surface area contributed by atoms with Crippen molar-refractivity contribution >= 4 is 5.91 Å². The lowest BCUT2D eigenvalue weighted by Crippen LogP contribution is -2.30. The number of carbonyl (C=O) groups excluding carboxylic acids is 1. The molecule has 1 amide bonds. The summed E-state index contributed by atoms with van der Waals surface area (Å²) < 4.78 is 0. The maximum atomic E-state index is 12.8. The van der Waals surface area contributed by atoms with E-state index in [4.69, 9.17) is 0 Å². The van der Waals surface area contributed by atoms with E-state index in [1.807, 2.05) is 43.0 Å². The highest BCUT2D eigenvalue weighted by Crippen LogP contribution is 2.31. The van der Waals surface area contributed by atoms with Crippen molar-refractivity contribution in [1.82, 2.24) is 15.1 Å². The van der Waals surface area contributed by atoms with Gasteiger partial charge < -0.3 is 4.90 Å². The van der Waals surface area contributed by atoms with Crippen molar-refractivity contribution < 1.29 is 4.79 Å². The first-order chi connectivity index (χ1) is 10.8. The van der Waals surface area contributed by atoms with Crippen molar-refractivity contribution in [1.29, 1.82) is 0 Å². The number of hydrogen-bond donors (Lipinski definition) is 1. The van der Waals surface area contributed by atoms with Gasteiger partial charge in [0.2, 0.25) is 0 Å². The predicted octanol–water partition coefficient (Wildman–Crippen LogP) is 3.44. The zero-order valence-corrected chi connectivity index (χ0v) is 13.4. The maximum absolute atomic E-state index is 12.8. The summed E-state index contributed by atoms with van der Waals surface area (Å²) in [7, 11) is 0. The number of aromatic nitrogens is 2.